The standard InChI is InChI=1S/C18H24N2O2S2/c1-14(22)18-9-15(13-24-18)10-19-5-6-20(16(11-19)4-7-21)12-17-3-2-8-23-17/h2-3,8-9,13,16,21H,4-7,10-12H2,1H3/t16-/m0/s1. The molecule has 1 fully saturated rings. The lowest BCUT2D eigenvalue weighted by atomic mass is 10.1. The minimum Gasteiger partial charge on any atom is -0.396 e. The fourth-order valence-corrected chi connectivity index (χ4v) is 4.77. The summed E-state index contributed by atoms with van der Waals surface area (Å²) < 4.78 is 0. The Labute approximate surface area is 151 Å². The Morgan fingerprint density at radius 1 is 1.33 bits per heavy atom. The van der Waals surface area contributed by atoms with Gasteiger partial charge in [-0.3, -0.25) is 14.6 Å². The number of carbonyl (C=O) groups is 1. The largest absolute Gasteiger partial charge is 0.396 e. The number of aliphatic hydroxyl groups is 1. The van der Waals surface area contributed by atoms with Gasteiger partial charge in [0.2, 0.25) is 0 Å². The third kappa shape index (κ3) is 4.52. The van der Waals surface area contributed by atoms with Crippen molar-refractivity contribution in [2.24, 2.45) is 0 Å². The minimum absolute atomic E-state index is 0.144. The molecule has 1 atom stereocenters. The van der Waals surface area contributed by atoms with Crippen LogP contribution in [-0.2, 0) is 13.1 Å². The minimum atomic E-state index is 0.144. The molecule has 0 spiro atoms. The lowest BCUT2D eigenvalue weighted by molar-refractivity contribution is 0.0507. The van der Waals surface area contributed by atoms with E-state index in [2.05, 4.69) is 32.7 Å². The molecule has 2 aromatic rings. The van der Waals surface area contributed by atoms with Gasteiger partial charge in [0.05, 0.1) is 4.88 Å². The van der Waals surface area contributed by atoms with Crippen molar-refractivity contribution in [3.63, 3.8) is 0 Å². The second-order valence-corrected chi connectivity index (χ2v) is 8.27. The number of carbonyl (C=O) groups excluding carboxylic acids is 1. The first kappa shape index (κ1) is 17.8. The zero-order valence-corrected chi connectivity index (χ0v) is 15.6. The molecule has 1 N–H and O–H groups in total. The quantitative estimate of drug-likeness (QED) is 0.767. The van der Waals surface area contributed by atoms with Crippen LogP contribution in [-0.4, -0.2) is 53.0 Å². The Hall–Kier alpha value is -1.05. The van der Waals surface area contributed by atoms with Crippen LogP contribution in [0.1, 0.15) is 33.5 Å². The van der Waals surface area contributed by atoms with Crippen molar-refractivity contribution in [2.45, 2.75) is 32.5 Å². The van der Waals surface area contributed by atoms with E-state index in [0.29, 0.717) is 6.04 Å². The molecule has 0 radical (unpaired) electrons. The number of Topliss-reactive ketones (excluding diaryl/α,β-unsaturated/α-hetero) is 1. The summed E-state index contributed by atoms with van der Waals surface area (Å²) in [5.74, 6) is 0.144. The highest BCUT2D eigenvalue weighted by atomic mass is 32.1. The van der Waals surface area contributed by atoms with Crippen LogP contribution >= 0.6 is 22.7 Å². The van der Waals surface area contributed by atoms with E-state index in [1.54, 1.807) is 18.3 Å². The zero-order valence-electron chi connectivity index (χ0n) is 14.0. The van der Waals surface area contributed by atoms with Crippen molar-refractivity contribution in [1.82, 2.24) is 9.80 Å². The number of rotatable bonds is 7. The zero-order chi connectivity index (χ0) is 16.9. The van der Waals surface area contributed by atoms with Gasteiger partial charge in [-0.1, -0.05) is 6.07 Å². The van der Waals surface area contributed by atoms with E-state index < -0.39 is 0 Å². The molecule has 1 aliphatic rings. The summed E-state index contributed by atoms with van der Waals surface area (Å²) in [6.07, 6.45) is 0.810. The molecule has 1 aliphatic heterocycles. The fourth-order valence-electron chi connectivity index (χ4n) is 3.24. The topological polar surface area (TPSA) is 43.8 Å². The summed E-state index contributed by atoms with van der Waals surface area (Å²) in [5, 5.41) is 13.6. The van der Waals surface area contributed by atoms with Crippen LogP contribution in [0.3, 0.4) is 0 Å². The van der Waals surface area contributed by atoms with E-state index >= 15 is 0 Å². The number of thiophene rings is 2. The van der Waals surface area contributed by atoms with Gasteiger partial charge in [0, 0.05) is 50.2 Å². The predicted molar refractivity (Wildman–Crippen MR) is 99.8 cm³/mol. The van der Waals surface area contributed by atoms with Gasteiger partial charge in [-0.05, 0) is 41.8 Å². The highest BCUT2D eigenvalue weighted by molar-refractivity contribution is 7.12. The molecule has 3 rings (SSSR count). The summed E-state index contributed by atoms with van der Waals surface area (Å²) in [6.45, 7) is 6.73. The van der Waals surface area contributed by atoms with Crippen LogP contribution in [0.5, 0.6) is 0 Å². The molecule has 2 aromatic heterocycles. The number of aliphatic hydroxyl groups excluding tert-OH is 1. The van der Waals surface area contributed by atoms with Gasteiger partial charge in [-0.25, -0.2) is 0 Å². The van der Waals surface area contributed by atoms with Gasteiger partial charge < -0.3 is 5.11 Å². The first-order valence-electron chi connectivity index (χ1n) is 8.33. The van der Waals surface area contributed by atoms with Gasteiger partial charge in [-0.2, -0.15) is 0 Å². The van der Waals surface area contributed by atoms with E-state index in [0.717, 1.165) is 44.0 Å². The Morgan fingerprint density at radius 2 is 2.21 bits per heavy atom. The molecule has 3 heterocycles. The Morgan fingerprint density at radius 3 is 2.88 bits per heavy atom. The summed E-state index contributed by atoms with van der Waals surface area (Å²) in [7, 11) is 0. The maximum Gasteiger partial charge on any atom is 0.169 e. The summed E-state index contributed by atoms with van der Waals surface area (Å²) in [6, 6.07) is 6.69. The van der Waals surface area contributed by atoms with Gasteiger partial charge >= 0.3 is 0 Å². The molecule has 0 unspecified atom stereocenters. The van der Waals surface area contributed by atoms with Crippen LogP contribution in [0.4, 0.5) is 0 Å². The van der Waals surface area contributed by atoms with Crippen LogP contribution < -0.4 is 0 Å². The Bertz CT molecular complexity index is 654. The molecule has 0 aromatic carbocycles. The molecule has 130 valence electrons. The van der Waals surface area contributed by atoms with E-state index in [9.17, 15) is 9.90 Å². The average Bonchev–Trinajstić information content (AvgIpc) is 3.22. The van der Waals surface area contributed by atoms with Crippen LogP contribution in [0.25, 0.3) is 0 Å². The maximum absolute atomic E-state index is 11.4. The van der Waals surface area contributed by atoms with Gasteiger partial charge in [-0.15, -0.1) is 22.7 Å². The number of piperazine rings is 1. The normalized spacial score (nSPS) is 19.7. The smallest absolute Gasteiger partial charge is 0.169 e. The van der Waals surface area contributed by atoms with Crippen LogP contribution in [0.15, 0.2) is 29.0 Å². The van der Waals surface area contributed by atoms with E-state index in [-0.39, 0.29) is 12.4 Å². The van der Waals surface area contributed by atoms with Crippen molar-refractivity contribution in [2.75, 3.05) is 26.2 Å². The fraction of sp³-hybridized carbons (Fsp3) is 0.500. The van der Waals surface area contributed by atoms with Crippen molar-refractivity contribution in [3.05, 3.63) is 44.3 Å². The molecule has 0 aliphatic carbocycles. The molecule has 1 saturated heterocycles. The van der Waals surface area contributed by atoms with Gasteiger partial charge in [0.15, 0.2) is 5.78 Å². The van der Waals surface area contributed by atoms with Crippen LogP contribution in [0, 0.1) is 0 Å². The van der Waals surface area contributed by atoms with Crippen molar-refractivity contribution >= 4 is 28.5 Å². The number of nitrogens with zero attached hydrogens (tertiary/aromatic N) is 2. The van der Waals surface area contributed by atoms with E-state index in [1.807, 2.05) is 6.07 Å². The van der Waals surface area contributed by atoms with Crippen molar-refractivity contribution < 1.29 is 9.90 Å². The average molecular weight is 365 g/mol. The molecule has 24 heavy (non-hydrogen) atoms. The third-order valence-electron chi connectivity index (χ3n) is 4.50. The first-order chi connectivity index (χ1) is 11.7. The third-order valence-corrected chi connectivity index (χ3v) is 6.44. The van der Waals surface area contributed by atoms with Gasteiger partial charge in [0.1, 0.15) is 0 Å². The number of hydrogen-bond donors (Lipinski definition) is 1. The van der Waals surface area contributed by atoms with Gasteiger partial charge in [0.25, 0.3) is 0 Å². The molecular weight excluding hydrogens is 340 g/mol. The lowest BCUT2D eigenvalue weighted by Gasteiger charge is -2.41. The van der Waals surface area contributed by atoms with Crippen LogP contribution in [0.2, 0.25) is 0 Å². The highest BCUT2D eigenvalue weighted by Crippen LogP contribution is 2.22. The monoisotopic (exact) mass is 364 g/mol. The predicted octanol–water partition coefficient (Wildman–Crippen LogP) is 3.08. The van der Waals surface area contributed by atoms with E-state index in [1.165, 1.54) is 21.8 Å². The first-order valence-corrected chi connectivity index (χ1v) is 10.1. The highest BCUT2D eigenvalue weighted by Gasteiger charge is 2.27. The number of ketones is 1. The number of hydrogen-bond acceptors (Lipinski definition) is 6. The molecule has 0 amide bonds. The molecular formula is C18H24N2O2S2. The summed E-state index contributed by atoms with van der Waals surface area (Å²) in [5.41, 5.74) is 1.22. The second-order valence-electron chi connectivity index (χ2n) is 6.33. The van der Waals surface area contributed by atoms with E-state index in [4.69, 9.17) is 0 Å². The summed E-state index contributed by atoms with van der Waals surface area (Å²) in [4.78, 5) is 18.6. The lowest BCUT2D eigenvalue weighted by Crippen LogP contribution is -2.52. The SMILES string of the molecule is CC(=O)c1cc(CN2CCN(Cc3cccs3)[C@@H](CCO)C2)cs1. The van der Waals surface area contributed by atoms with Crippen molar-refractivity contribution in [3.8, 4) is 0 Å². The Balaban J connectivity index is 1.60. The maximum atomic E-state index is 11.4. The molecule has 0 saturated carbocycles. The van der Waals surface area contributed by atoms with Crippen molar-refractivity contribution in [1.29, 1.82) is 0 Å². The Kier molecular flexibility index (Phi) is 6.19. The molecule has 6 heteroatoms. The second kappa shape index (κ2) is 8.36. The molecule has 4 nitrogen and oxygen atoms in total. The summed E-state index contributed by atoms with van der Waals surface area (Å²) >= 11 is 3.33. The molecule has 0 bridgehead atoms.